The van der Waals surface area contributed by atoms with Crippen LogP contribution in [-0.4, -0.2) is 26.5 Å². The third-order valence-electron chi connectivity index (χ3n) is 11.5. The first-order valence-corrected chi connectivity index (χ1v) is 22.1. The van der Waals surface area contributed by atoms with Gasteiger partial charge in [0.15, 0.2) is 23.3 Å². The molecule has 0 fully saturated rings. The fraction of sp³-hybridized carbons (Fsp3) is 0.0517. The Hall–Kier alpha value is -7.93. The summed E-state index contributed by atoms with van der Waals surface area (Å²) in [6.45, 7) is 10.6. The van der Waals surface area contributed by atoms with Crippen molar-refractivity contribution in [2.24, 2.45) is 9.98 Å². The van der Waals surface area contributed by atoms with Crippen molar-refractivity contribution in [2.45, 2.75) is 20.8 Å². The summed E-state index contributed by atoms with van der Waals surface area (Å²) in [6.07, 6.45) is 0. The average Bonchev–Trinajstić information content (AvgIpc) is 3.72. The van der Waals surface area contributed by atoms with E-state index in [9.17, 15) is 0 Å². The second-order valence-electron chi connectivity index (χ2n) is 16.0. The SMILES string of the molecule is C=C(N=C(N=C(C)c1ccc(C)cc1)c1ccccc1)c1ccc(-c2ccc3sc4ccc(-c5ccc(-c6nc(-c7ccccc7)nc(-c7ccc(C)cc7)n6)cc5)cc4c3c2)cc1. The molecule has 0 aliphatic rings. The Morgan fingerprint density at radius 2 is 0.812 bits per heavy atom. The van der Waals surface area contributed by atoms with E-state index in [0.29, 0.717) is 29.0 Å². The highest BCUT2D eigenvalue weighted by Gasteiger charge is 2.14. The maximum absolute atomic E-state index is 4.99. The lowest BCUT2D eigenvalue weighted by atomic mass is 9.99. The zero-order valence-corrected chi connectivity index (χ0v) is 36.6. The number of rotatable bonds is 9. The number of aliphatic imine (C=N–C) groups is 2. The highest BCUT2D eigenvalue weighted by atomic mass is 32.1. The molecule has 0 saturated carbocycles. The van der Waals surface area contributed by atoms with Gasteiger partial charge in [0.25, 0.3) is 0 Å². The van der Waals surface area contributed by atoms with Crippen molar-refractivity contribution < 1.29 is 0 Å². The molecule has 0 bridgehead atoms. The maximum atomic E-state index is 4.99. The van der Waals surface area contributed by atoms with Gasteiger partial charge in [-0.25, -0.2) is 24.9 Å². The summed E-state index contributed by atoms with van der Waals surface area (Å²) in [7, 11) is 0. The van der Waals surface area contributed by atoms with Crippen molar-refractivity contribution in [3.8, 4) is 56.4 Å². The van der Waals surface area contributed by atoms with Crippen molar-refractivity contribution in [1.29, 1.82) is 0 Å². The van der Waals surface area contributed by atoms with Gasteiger partial charge in [0.2, 0.25) is 0 Å². The van der Waals surface area contributed by atoms with E-state index in [1.165, 1.54) is 31.3 Å². The summed E-state index contributed by atoms with van der Waals surface area (Å²) in [6, 6.07) is 67.5. The second-order valence-corrected chi connectivity index (χ2v) is 17.1. The van der Waals surface area contributed by atoms with Crippen molar-refractivity contribution in [3.63, 3.8) is 0 Å². The van der Waals surface area contributed by atoms with Gasteiger partial charge in [0.1, 0.15) is 0 Å². The lowest BCUT2D eigenvalue weighted by Gasteiger charge is -2.09. The summed E-state index contributed by atoms with van der Waals surface area (Å²) in [5, 5.41) is 2.48. The first-order valence-electron chi connectivity index (χ1n) is 21.3. The van der Waals surface area contributed by atoms with Crippen LogP contribution in [0.1, 0.15) is 34.7 Å². The molecule has 6 heteroatoms. The lowest BCUT2D eigenvalue weighted by Crippen LogP contribution is -2.04. The Morgan fingerprint density at radius 3 is 1.34 bits per heavy atom. The average molecular weight is 842 g/mol. The van der Waals surface area contributed by atoms with Crippen LogP contribution in [0.5, 0.6) is 0 Å². The molecule has 8 aromatic carbocycles. The molecule has 0 unspecified atom stereocenters. The Kier molecular flexibility index (Phi) is 10.9. The van der Waals surface area contributed by atoms with E-state index in [4.69, 9.17) is 24.9 Å². The molecule has 306 valence electrons. The zero-order chi connectivity index (χ0) is 43.6. The Labute approximate surface area is 377 Å². The predicted octanol–water partition coefficient (Wildman–Crippen LogP) is 15.1. The molecule has 0 aliphatic heterocycles. The molecule has 0 radical (unpaired) electrons. The van der Waals surface area contributed by atoms with E-state index in [-0.39, 0.29) is 0 Å². The number of hydrogen-bond donors (Lipinski definition) is 0. The van der Waals surface area contributed by atoms with E-state index in [1.54, 1.807) is 0 Å². The van der Waals surface area contributed by atoms with Crippen LogP contribution in [0.2, 0.25) is 0 Å². The van der Waals surface area contributed by atoms with Crippen LogP contribution in [-0.2, 0) is 0 Å². The number of fused-ring (bicyclic) bond motifs is 3. The topological polar surface area (TPSA) is 63.4 Å². The third-order valence-corrected chi connectivity index (χ3v) is 12.6. The highest BCUT2D eigenvalue weighted by Crippen LogP contribution is 2.39. The first kappa shape index (κ1) is 40.2. The van der Waals surface area contributed by atoms with Gasteiger partial charge in [0, 0.05) is 48.1 Å². The summed E-state index contributed by atoms with van der Waals surface area (Å²) in [5.41, 5.74) is 14.3. The molecule has 10 aromatic rings. The van der Waals surface area contributed by atoms with Gasteiger partial charge in [-0.05, 0) is 78.4 Å². The predicted molar refractivity (Wildman–Crippen MR) is 270 cm³/mol. The van der Waals surface area contributed by atoms with Gasteiger partial charge in [-0.3, -0.25) is 0 Å². The minimum absolute atomic E-state index is 0.630. The molecule has 10 rings (SSSR count). The maximum Gasteiger partial charge on any atom is 0.164 e. The van der Waals surface area contributed by atoms with Gasteiger partial charge in [-0.1, -0.05) is 188 Å². The Bertz CT molecular complexity index is 3370. The fourth-order valence-electron chi connectivity index (χ4n) is 7.81. The monoisotopic (exact) mass is 841 g/mol. The largest absolute Gasteiger partial charge is 0.233 e. The van der Waals surface area contributed by atoms with Crippen LogP contribution >= 0.6 is 11.3 Å². The number of benzene rings is 8. The molecule has 0 saturated heterocycles. The van der Waals surface area contributed by atoms with E-state index in [2.05, 4.69) is 154 Å². The molecule has 2 heterocycles. The van der Waals surface area contributed by atoms with Crippen molar-refractivity contribution in [2.75, 3.05) is 0 Å². The number of aryl methyl sites for hydroxylation is 2. The summed E-state index contributed by atoms with van der Waals surface area (Å²) >= 11 is 1.82. The first-order chi connectivity index (χ1) is 31.3. The van der Waals surface area contributed by atoms with Gasteiger partial charge in [-0.2, -0.15) is 0 Å². The summed E-state index contributed by atoms with van der Waals surface area (Å²) in [4.78, 5) is 24.8. The number of thiophene rings is 1. The summed E-state index contributed by atoms with van der Waals surface area (Å²) < 4.78 is 2.52. The van der Waals surface area contributed by atoms with Gasteiger partial charge < -0.3 is 0 Å². The minimum Gasteiger partial charge on any atom is -0.233 e. The van der Waals surface area contributed by atoms with Crippen LogP contribution < -0.4 is 0 Å². The van der Waals surface area contributed by atoms with Gasteiger partial charge in [0.05, 0.1) is 5.70 Å². The molecule has 0 amide bonds. The molecule has 0 aliphatic carbocycles. The molecule has 0 spiro atoms. The smallest absolute Gasteiger partial charge is 0.164 e. The Balaban J connectivity index is 0.924. The van der Waals surface area contributed by atoms with E-state index in [1.807, 2.05) is 78.9 Å². The Morgan fingerprint density at radius 1 is 0.406 bits per heavy atom. The molecule has 64 heavy (non-hydrogen) atoms. The van der Waals surface area contributed by atoms with E-state index >= 15 is 0 Å². The van der Waals surface area contributed by atoms with E-state index in [0.717, 1.165) is 61.3 Å². The van der Waals surface area contributed by atoms with Crippen LogP contribution in [0.4, 0.5) is 0 Å². The molecule has 2 aromatic heterocycles. The molecule has 0 atom stereocenters. The quantitative estimate of drug-likeness (QED) is 0.107. The number of hydrogen-bond acceptors (Lipinski definition) is 5. The summed E-state index contributed by atoms with van der Waals surface area (Å²) in [5.74, 6) is 2.58. The van der Waals surface area contributed by atoms with Gasteiger partial charge in [-0.15, -0.1) is 11.3 Å². The van der Waals surface area contributed by atoms with Crippen molar-refractivity contribution in [1.82, 2.24) is 15.0 Å². The van der Waals surface area contributed by atoms with Crippen LogP contribution in [0.25, 0.3) is 82.3 Å². The lowest BCUT2D eigenvalue weighted by molar-refractivity contribution is 1.07. The van der Waals surface area contributed by atoms with Crippen LogP contribution in [0.3, 0.4) is 0 Å². The second kappa shape index (κ2) is 17.4. The molecular weight excluding hydrogens is 799 g/mol. The third kappa shape index (κ3) is 8.47. The minimum atomic E-state index is 0.630. The van der Waals surface area contributed by atoms with E-state index < -0.39 is 0 Å². The zero-order valence-electron chi connectivity index (χ0n) is 35.8. The number of aromatic nitrogens is 3. The number of amidine groups is 1. The molecule has 5 nitrogen and oxygen atoms in total. The molecule has 0 N–H and O–H groups in total. The van der Waals surface area contributed by atoms with Crippen LogP contribution in [0, 0.1) is 13.8 Å². The normalized spacial score (nSPS) is 11.9. The number of nitrogens with zero attached hydrogens (tertiary/aromatic N) is 5. The van der Waals surface area contributed by atoms with Crippen molar-refractivity contribution >= 4 is 48.8 Å². The van der Waals surface area contributed by atoms with Gasteiger partial charge >= 0.3 is 0 Å². The van der Waals surface area contributed by atoms with Crippen LogP contribution in [0.15, 0.2) is 211 Å². The highest BCUT2D eigenvalue weighted by molar-refractivity contribution is 7.25. The standard InChI is InChI=1S/C58H43N5S/c1-37-15-19-41(20-16-37)39(3)59-55(45-11-7-5-8-12-45)60-40(4)42-23-25-43(26-24-42)49-31-33-53-51(35-49)52-36-50(32-34-54(52)64-53)44-27-29-48(30-28-44)58-62-56(46-13-9-6-10-14-46)61-57(63-58)47-21-17-38(2)18-22-47/h5-36H,4H2,1-3H3. The molecular formula is C58H43N5S. The fourth-order valence-corrected chi connectivity index (χ4v) is 8.88. The van der Waals surface area contributed by atoms with Crippen molar-refractivity contribution in [3.05, 3.63) is 229 Å².